The van der Waals surface area contributed by atoms with Gasteiger partial charge in [-0.05, 0) is 49.0 Å². The number of nitrogens with zero attached hydrogens (tertiary/aromatic N) is 1. The van der Waals surface area contributed by atoms with Gasteiger partial charge in [0, 0.05) is 22.6 Å². The second-order valence-electron chi connectivity index (χ2n) is 6.12. The first-order chi connectivity index (χ1) is 8.93. The van der Waals surface area contributed by atoms with Crippen molar-refractivity contribution in [3.8, 4) is 0 Å². The second kappa shape index (κ2) is 6.01. The maximum absolute atomic E-state index is 6.31. The summed E-state index contributed by atoms with van der Waals surface area (Å²) in [7, 11) is 0. The van der Waals surface area contributed by atoms with Gasteiger partial charge in [-0.2, -0.15) is 0 Å². The lowest BCUT2D eigenvalue weighted by Crippen LogP contribution is -2.42. The number of hydrogen-bond acceptors (Lipinski definition) is 2. The third-order valence-electron chi connectivity index (χ3n) is 4.14. The van der Waals surface area contributed by atoms with Crippen LogP contribution in [-0.4, -0.2) is 24.5 Å². The van der Waals surface area contributed by atoms with E-state index in [1.165, 1.54) is 12.8 Å². The molecule has 1 aromatic carbocycles. The van der Waals surface area contributed by atoms with E-state index in [2.05, 4.69) is 18.7 Å². The third kappa shape index (κ3) is 3.63. The van der Waals surface area contributed by atoms with Crippen LogP contribution in [0.25, 0.3) is 0 Å². The third-order valence-corrected chi connectivity index (χ3v) is 4.70. The smallest absolute Gasteiger partial charge is 0.0485 e. The van der Waals surface area contributed by atoms with Gasteiger partial charge in [-0.1, -0.05) is 43.1 Å². The molecule has 0 aliphatic carbocycles. The Morgan fingerprint density at radius 3 is 2.42 bits per heavy atom. The standard InChI is InChI=1S/C15H22Cl2N2/c1-15(2)5-7-19(8-6-15)14(10-18)12-4-3-11(16)9-13(12)17/h3-4,9,14H,5-8,10,18H2,1-2H3. The molecule has 0 bridgehead atoms. The molecule has 2 nitrogen and oxygen atoms in total. The Morgan fingerprint density at radius 2 is 1.89 bits per heavy atom. The molecule has 4 heteroatoms. The average Bonchev–Trinajstić information content (AvgIpc) is 2.34. The summed E-state index contributed by atoms with van der Waals surface area (Å²) in [6, 6.07) is 5.89. The van der Waals surface area contributed by atoms with Gasteiger partial charge in [0.1, 0.15) is 0 Å². The minimum absolute atomic E-state index is 0.195. The molecule has 2 rings (SSSR count). The van der Waals surface area contributed by atoms with Crippen LogP contribution >= 0.6 is 23.2 Å². The Labute approximate surface area is 125 Å². The lowest BCUT2D eigenvalue weighted by molar-refractivity contribution is 0.0964. The molecule has 2 N–H and O–H groups in total. The zero-order chi connectivity index (χ0) is 14.0. The molecule has 1 fully saturated rings. The molecule has 1 unspecified atom stereocenters. The van der Waals surface area contributed by atoms with Crippen LogP contribution in [0.5, 0.6) is 0 Å². The summed E-state index contributed by atoms with van der Waals surface area (Å²) in [5.74, 6) is 0. The summed E-state index contributed by atoms with van der Waals surface area (Å²) >= 11 is 12.3. The van der Waals surface area contributed by atoms with Crippen LogP contribution in [-0.2, 0) is 0 Å². The van der Waals surface area contributed by atoms with E-state index >= 15 is 0 Å². The van der Waals surface area contributed by atoms with Gasteiger partial charge < -0.3 is 5.73 Å². The summed E-state index contributed by atoms with van der Waals surface area (Å²) < 4.78 is 0. The SMILES string of the molecule is CC1(C)CCN(C(CN)c2ccc(Cl)cc2Cl)CC1. The number of hydrogen-bond donors (Lipinski definition) is 1. The van der Waals surface area contributed by atoms with Gasteiger partial charge in [0.2, 0.25) is 0 Å². The van der Waals surface area contributed by atoms with E-state index < -0.39 is 0 Å². The minimum Gasteiger partial charge on any atom is -0.329 e. The molecule has 0 spiro atoms. The van der Waals surface area contributed by atoms with E-state index in [1.807, 2.05) is 12.1 Å². The molecule has 1 aliphatic heterocycles. The Morgan fingerprint density at radius 1 is 1.26 bits per heavy atom. The predicted molar refractivity (Wildman–Crippen MR) is 82.8 cm³/mol. The second-order valence-corrected chi connectivity index (χ2v) is 6.96. The number of nitrogens with two attached hydrogens (primary N) is 1. The van der Waals surface area contributed by atoms with E-state index in [0.29, 0.717) is 22.0 Å². The summed E-state index contributed by atoms with van der Waals surface area (Å²) in [6.07, 6.45) is 2.41. The fourth-order valence-corrected chi connectivity index (χ4v) is 3.22. The van der Waals surface area contributed by atoms with Crippen molar-refractivity contribution >= 4 is 23.2 Å². The molecule has 1 aromatic rings. The molecule has 106 valence electrons. The normalized spacial score (nSPS) is 21.3. The highest BCUT2D eigenvalue weighted by Gasteiger charge is 2.30. The van der Waals surface area contributed by atoms with Gasteiger partial charge >= 0.3 is 0 Å². The molecule has 19 heavy (non-hydrogen) atoms. The largest absolute Gasteiger partial charge is 0.329 e. The quantitative estimate of drug-likeness (QED) is 0.910. The van der Waals surface area contributed by atoms with Crippen LogP contribution in [0.4, 0.5) is 0 Å². The fraction of sp³-hybridized carbons (Fsp3) is 0.600. The van der Waals surface area contributed by atoms with Gasteiger partial charge in [0.15, 0.2) is 0 Å². The van der Waals surface area contributed by atoms with Crippen LogP contribution in [0.2, 0.25) is 10.0 Å². The van der Waals surface area contributed by atoms with Crippen LogP contribution in [0.15, 0.2) is 18.2 Å². The first-order valence-electron chi connectivity index (χ1n) is 6.82. The fourth-order valence-electron chi connectivity index (χ4n) is 2.69. The van der Waals surface area contributed by atoms with Gasteiger partial charge in [0.25, 0.3) is 0 Å². The summed E-state index contributed by atoms with van der Waals surface area (Å²) in [5.41, 5.74) is 7.51. The molecule has 1 aliphatic rings. The average molecular weight is 301 g/mol. The Hall–Kier alpha value is -0.280. The van der Waals surface area contributed by atoms with Crippen molar-refractivity contribution in [1.29, 1.82) is 0 Å². The zero-order valence-corrected chi connectivity index (χ0v) is 13.1. The minimum atomic E-state index is 0.195. The van der Waals surface area contributed by atoms with Crippen LogP contribution in [0.1, 0.15) is 38.3 Å². The molecule has 1 atom stereocenters. The van der Waals surface area contributed by atoms with E-state index in [9.17, 15) is 0 Å². The van der Waals surface area contributed by atoms with Gasteiger partial charge in [-0.25, -0.2) is 0 Å². The Kier molecular flexibility index (Phi) is 4.78. The summed E-state index contributed by atoms with van der Waals surface area (Å²) in [4.78, 5) is 2.44. The van der Waals surface area contributed by atoms with E-state index in [-0.39, 0.29) is 6.04 Å². The maximum atomic E-state index is 6.31. The topological polar surface area (TPSA) is 29.3 Å². The molecular weight excluding hydrogens is 279 g/mol. The number of likely N-dealkylation sites (tertiary alicyclic amines) is 1. The number of halogens is 2. The first kappa shape index (κ1) is 15.1. The highest BCUT2D eigenvalue weighted by Crippen LogP contribution is 2.35. The molecule has 1 heterocycles. The zero-order valence-electron chi connectivity index (χ0n) is 11.6. The lowest BCUT2D eigenvalue weighted by Gasteiger charge is -2.41. The van der Waals surface area contributed by atoms with Gasteiger partial charge in [-0.15, -0.1) is 0 Å². The molecule has 0 radical (unpaired) electrons. The summed E-state index contributed by atoms with van der Waals surface area (Å²) in [6.45, 7) is 7.40. The van der Waals surface area contributed by atoms with Crippen molar-refractivity contribution < 1.29 is 0 Å². The van der Waals surface area contributed by atoms with Crippen LogP contribution in [0.3, 0.4) is 0 Å². The van der Waals surface area contributed by atoms with Gasteiger partial charge in [0.05, 0.1) is 0 Å². The van der Waals surface area contributed by atoms with Crippen molar-refractivity contribution in [2.75, 3.05) is 19.6 Å². The monoisotopic (exact) mass is 300 g/mol. The summed E-state index contributed by atoms with van der Waals surface area (Å²) in [5, 5.41) is 1.39. The molecule has 1 saturated heterocycles. The van der Waals surface area contributed by atoms with E-state index in [4.69, 9.17) is 28.9 Å². The van der Waals surface area contributed by atoms with Crippen LogP contribution in [0, 0.1) is 5.41 Å². The van der Waals surface area contributed by atoms with Crippen molar-refractivity contribution in [3.05, 3.63) is 33.8 Å². The lowest BCUT2D eigenvalue weighted by atomic mass is 9.82. The van der Waals surface area contributed by atoms with Crippen molar-refractivity contribution in [1.82, 2.24) is 4.90 Å². The first-order valence-corrected chi connectivity index (χ1v) is 7.57. The Bertz CT molecular complexity index is 436. The van der Waals surface area contributed by atoms with Gasteiger partial charge in [-0.3, -0.25) is 4.90 Å². The molecule has 0 aromatic heterocycles. The van der Waals surface area contributed by atoms with Crippen molar-refractivity contribution in [3.63, 3.8) is 0 Å². The van der Waals surface area contributed by atoms with E-state index in [0.717, 1.165) is 18.7 Å². The Balaban J connectivity index is 2.16. The number of rotatable bonds is 3. The highest BCUT2D eigenvalue weighted by atomic mass is 35.5. The number of benzene rings is 1. The molecular formula is C15H22Cl2N2. The van der Waals surface area contributed by atoms with Crippen molar-refractivity contribution in [2.45, 2.75) is 32.7 Å². The van der Waals surface area contributed by atoms with Crippen molar-refractivity contribution in [2.24, 2.45) is 11.1 Å². The maximum Gasteiger partial charge on any atom is 0.0485 e. The molecule has 0 saturated carbocycles. The van der Waals surface area contributed by atoms with E-state index in [1.54, 1.807) is 6.07 Å². The molecule has 0 amide bonds. The predicted octanol–water partition coefficient (Wildman–Crippen LogP) is 4.12. The van der Waals surface area contributed by atoms with Crippen LogP contribution < -0.4 is 5.73 Å². The highest BCUT2D eigenvalue weighted by molar-refractivity contribution is 6.35. The number of piperidine rings is 1.